The number of rotatable bonds is 4. The minimum Gasteiger partial charge on any atom is -0.481 e. The van der Waals surface area contributed by atoms with Crippen molar-refractivity contribution in [2.45, 2.75) is 42.8 Å². The van der Waals surface area contributed by atoms with Gasteiger partial charge in [-0.05, 0) is 59.8 Å². The van der Waals surface area contributed by atoms with E-state index in [2.05, 4.69) is 74.3 Å². The molecule has 4 atom stereocenters. The van der Waals surface area contributed by atoms with E-state index < -0.39 is 15.4 Å². The number of allylic oxidation sites excluding steroid dienone is 1. The third-order valence-electron chi connectivity index (χ3n) is 6.73. The molecule has 0 bridgehead atoms. The highest BCUT2D eigenvalue weighted by Crippen LogP contribution is 2.63. The summed E-state index contributed by atoms with van der Waals surface area (Å²) in [6, 6.07) is 17.4. The van der Waals surface area contributed by atoms with Crippen molar-refractivity contribution in [1.29, 1.82) is 5.26 Å². The lowest BCUT2D eigenvalue weighted by Gasteiger charge is -2.54. The van der Waals surface area contributed by atoms with E-state index in [4.69, 9.17) is 4.74 Å². The number of nitrogens with zero attached hydrogens (tertiary/aromatic N) is 2. The van der Waals surface area contributed by atoms with Gasteiger partial charge in [-0.15, -0.1) is 0 Å². The monoisotopic (exact) mass is 408 g/mol. The van der Waals surface area contributed by atoms with Crippen molar-refractivity contribution >= 4 is 10.0 Å². The van der Waals surface area contributed by atoms with E-state index in [1.807, 2.05) is 19.1 Å². The Hall–Kier alpha value is -2.25. The van der Waals surface area contributed by atoms with Crippen LogP contribution in [0.25, 0.3) is 0 Å². The molecule has 0 saturated heterocycles. The summed E-state index contributed by atoms with van der Waals surface area (Å²) in [6.45, 7) is 11.0. The maximum absolute atomic E-state index is 10.4. The molecular weight excluding hydrogens is 376 g/mol. The molecule has 1 aliphatic carbocycles. The van der Waals surface area contributed by atoms with Crippen molar-refractivity contribution in [1.82, 2.24) is 4.98 Å². The van der Waals surface area contributed by atoms with Gasteiger partial charge in [0.1, 0.15) is 5.41 Å². The molecule has 3 nitrogen and oxygen atoms in total. The van der Waals surface area contributed by atoms with E-state index in [1.165, 1.54) is 4.90 Å². The van der Waals surface area contributed by atoms with Crippen LogP contribution in [-0.4, -0.2) is 29.9 Å². The first-order valence-corrected chi connectivity index (χ1v) is 12.6. The van der Waals surface area contributed by atoms with Gasteiger partial charge in [0.15, 0.2) is 0 Å². The summed E-state index contributed by atoms with van der Waals surface area (Å²) in [5.41, 5.74) is 2.13. The summed E-state index contributed by atoms with van der Waals surface area (Å²) >= 11 is 0. The van der Waals surface area contributed by atoms with Gasteiger partial charge in [-0.25, -0.2) is 15.0 Å². The van der Waals surface area contributed by atoms with Crippen molar-refractivity contribution in [3.63, 3.8) is 0 Å². The molecule has 0 amide bonds. The van der Waals surface area contributed by atoms with Crippen LogP contribution in [0.2, 0.25) is 0 Å². The Labute approximate surface area is 177 Å². The molecule has 1 fully saturated rings. The number of hydrogen-bond acceptors (Lipinski definition) is 3. The van der Waals surface area contributed by atoms with Crippen LogP contribution in [0.3, 0.4) is 0 Å². The lowest BCUT2D eigenvalue weighted by molar-refractivity contribution is 0.309. The Bertz CT molecular complexity index is 947. The minimum absolute atomic E-state index is 0.241. The third-order valence-corrected chi connectivity index (χ3v) is 10.5. The molecule has 1 aromatic heterocycles. The highest BCUT2D eigenvalue weighted by atomic mass is 32.3. The molecule has 1 heterocycles. The van der Waals surface area contributed by atoms with Crippen LogP contribution >= 0.6 is 10.0 Å². The lowest BCUT2D eigenvalue weighted by atomic mass is 9.60. The number of nitriles is 1. The molecule has 3 rings (SSSR count). The van der Waals surface area contributed by atoms with Gasteiger partial charge in [-0.1, -0.05) is 50.8 Å². The molecule has 0 N–H and O–H groups in total. The molecule has 1 aromatic carbocycles. The second-order valence-electron chi connectivity index (χ2n) is 8.68. The van der Waals surface area contributed by atoms with E-state index in [0.717, 1.165) is 23.3 Å². The standard InChI is InChI=1S/C25H32N2OS/c1-17-15-25(16-26,22-13-14-23(28-5)27-20(22)4)19(3)18(2)24(17)29(6,7)21-11-9-8-10-12-21/h8-14,17-18,24H,3,15H2,1-2,4-7H3/t17-,18-,24+,25+/m1/s1. The highest BCUT2D eigenvalue weighted by Gasteiger charge is 2.51. The maximum atomic E-state index is 10.4. The summed E-state index contributed by atoms with van der Waals surface area (Å²) in [7, 11) is 0.555. The number of benzene rings is 1. The Morgan fingerprint density at radius 1 is 1.17 bits per heavy atom. The summed E-state index contributed by atoms with van der Waals surface area (Å²) in [5.74, 6) is 1.21. The molecule has 4 heteroatoms. The van der Waals surface area contributed by atoms with E-state index >= 15 is 0 Å². The topological polar surface area (TPSA) is 45.9 Å². The minimum atomic E-state index is -1.06. The molecule has 0 aliphatic heterocycles. The molecule has 154 valence electrons. The van der Waals surface area contributed by atoms with E-state index in [0.29, 0.717) is 17.0 Å². The fourth-order valence-electron chi connectivity index (χ4n) is 5.39. The fraction of sp³-hybridized carbons (Fsp3) is 0.440. The van der Waals surface area contributed by atoms with Crippen LogP contribution in [0.1, 0.15) is 31.5 Å². The van der Waals surface area contributed by atoms with Crippen LogP contribution < -0.4 is 4.74 Å². The van der Waals surface area contributed by atoms with Crippen molar-refractivity contribution in [2.24, 2.45) is 11.8 Å². The molecule has 2 aromatic rings. The number of pyridine rings is 1. The van der Waals surface area contributed by atoms with Gasteiger partial charge in [0.05, 0.1) is 13.2 Å². The van der Waals surface area contributed by atoms with E-state index in [9.17, 15) is 5.26 Å². The summed E-state index contributed by atoms with van der Waals surface area (Å²) in [6.07, 6.45) is 5.59. The van der Waals surface area contributed by atoms with Gasteiger partial charge in [0.2, 0.25) is 5.88 Å². The SMILES string of the molecule is C=C1[C@@H](C)[C@@H](S(C)(C)c2ccccc2)[C@H](C)C[C@@]1(C#N)c1ccc(OC)nc1C. The number of methoxy groups -OCH3 is 1. The first-order valence-electron chi connectivity index (χ1n) is 10.1. The van der Waals surface area contributed by atoms with Crippen LogP contribution in [0.5, 0.6) is 5.88 Å². The third kappa shape index (κ3) is 3.46. The zero-order chi connectivity index (χ0) is 21.4. The van der Waals surface area contributed by atoms with E-state index in [-0.39, 0.29) is 5.92 Å². The molecule has 0 spiro atoms. The Morgan fingerprint density at radius 3 is 2.38 bits per heavy atom. The molecule has 29 heavy (non-hydrogen) atoms. The predicted molar refractivity (Wildman–Crippen MR) is 123 cm³/mol. The van der Waals surface area contributed by atoms with Crippen LogP contribution in [0.4, 0.5) is 0 Å². The summed E-state index contributed by atoms with van der Waals surface area (Å²) in [5, 5.41) is 10.9. The number of aromatic nitrogens is 1. The van der Waals surface area contributed by atoms with Gasteiger partial charge in [-0.3, -0.25) is 0 Å². The molecule has 1 saturated carbocycles. The largest absolute Gasteiger partial charge is 0.481 e. The number of ether oxygens (including phenoxy) is 1. The zero-order valence-electron chi connectivity index (χ0n) is 18.4. The zero-order valence-corrected chi connectivity index (χ0v) is 19.2. The molecule has 1 aliphatic rings. The quantitative estimate of drug-likeness (QED) is 0.593. The Kier molecular flexibility index (Phi) is 5.83. The van der Waals surface area contributed by atoms with Crippen LogP contribution in [0, 0.1) is 30.1 Å². The first-order chi connectivity index (χ1) is 13.7. The maximum Gasteiger partial charge on any atom is 0.213 e. The fourth-order valence-corrected chi connectivity index (χ4v) is 9.01. The van der Waals surface area contributed by atoms with Crippen molar-refractivity contribution in [3.8, 4) is 11.9 Å². The van der Waals surface area contributed by atoms with Crippen LogP contribution in [-0.2, 0) is 5.41 Å². The number of hydrogen-bond donors (Lipinski definition) is 0. The van der Waals surface area contributed by atoms with Gasteiger partial charge in [0, 0.05) is 17.0 Å². The first kappa shape index (κ1) is 21.5. The number of aryl methyl sites for hydroxylation is 1. The normalized spacial score (nSPS) is 27.9. The second kappa shape index (κ2) is 7.88. The molecule has 0 radical (unpaired) electrons. The highest BCUT2D eigenvalue weighted by molar-refractivity contribution is 8.33. The van der Waals surface area contributed by atoms with Gasteiger partial charge in [-0.2, -0.15) is 5.26 Å². The smallest absolute Gasteiger partial charge is 0.213 e. The Morgan fingerprint density at radius 2 is 1.83 bits per heavy atom. The van der Waals surface area contributed by atoms with Crippen molar-refractivity contribution in [3.05, 3.63) is 65.9 Å². The average molecular weight is 409 g/mol. The van der Waals surface area contributed by atoms with Crippen molar-refractivity contribution in [2.75, 3.05) is 19.6 Å². The summed E-state index contributed by atoms with van der Waals surface area (Å²) < 4.78 is 5.27. The van der Waals surface area contributed by atoms with Gasteiger partial charge in [0.25, 0.3) is 0 Å². The molecule has 0 unspecified atom stereocenters. The predicted octanol–water partition coefficient (Wildman–Crippen LogP) is 5.88. The van der Waals surface area contributed by atoms with Gasteiger partial charge >= 0.3 is 0 Å². The van der Waals surface area contributed by atoms with E-state index in [1.54, 1.807) is 7.11 Å². The van der Waals surface area contributed by atoms with Crippen LogP contribution in [0.15, 0.2) is 59.5 Å². The molecular formula is C25H32N2OS. The van der Waals surface area contributed by atoms with Crippen molar-refractivity contribution < 1.29 is 4.74 Å². The average Bonchev–Trinajstić information content (AvgIpc) is 2.71. The second-order valence-corrected chi connectivity index (χ2v) is 12.5. The lowest BCUT2D eigenvalue weighted by Crippen LogP contribution is -2.46. The Balaban J connectivity index is 2.05. The summed E-state index contributed by atoms with van der Waals surface area (Å²) in [4.78, 5) is 5.97. The van der Waals surface area contributed by atoms with Gasteiger partial charge < -0.3 is 4.74 Å².